The SMILES string of the molecule is NC1CCN(c2ncc(C3CCC(=O)NC3=O)cc2F)CC1. The molecule has 2 aliphatic rings. The fraction of sp³-hybridized carbons (Fsp3) is 0.533. The molecule has 0 saturated carbocycles. The van der Waals surface area contributed by atoms with E-state index in [1.54, 1.807) is 0 Å². The van der Waals surface area contributed by atoms with Gasteiger partial charge in [0.1, 0.15) is 0 Å². The Labute approximate surface area is 127 Å². The van der Waals surface area contributed by atoms with Crippen LogP contribution in [0.1, 0.15) is 37.2 Å². The summed E-state index contributed by atoms with van der Waals surface area (Å²) in [5.74, 6) is -1.30. The second-order valence-electron chi connectivity index (χ2n) is 5.90. The maximum absolute atomic E-state index is 14.4. The number of halogens is 1. The van der Waals surface area contributed by atoms with Gasteiger partial charge in [0.15, 0.2) is 11.6 Å². The van der Waals surface area contributed by atoms with Gasteiger partial charge in [-0.25, -0.2) is 9.37 Å². The molecule has 6 nitrogen and oxygen atoms in total. The minimum absolute atomic E-state index is 0.169. The van der Waals surface area contributed by atoms with Gasteiger partial charge in [-0.1, -0.05) is 0 Å². The molecule has 3 N–H and O–H groups in total. The average Bonchev–Trinajstić information content (AvgIpc) is 2.48. The zero-order chi connectivity index (χ0) is 15.7. The summed E-state index contributed by atoms with van der Waals surface area (Å²) in [4.78, 5) is 29.1. The van der Waals surface area contributed by atoms with E-state index in [1.165, 1.54) is 12.3 Å². The lowest BCUT2D eigenvalue weighted by atomic mass is 9.91. The summed E-state index contributed by atoms with van der Waals surface area (Å²) in [5, 5.41) is 2.28. The molecule has 22 heavy (non-hydrogen) atoms. The van der Waals surface area contributed by atoms with E-state index >= 15 is 0 Å². The van der Waals surface area contributed by atoms with Crippen molar-refractivity contribution in [1.82, 2.24) is 10.3 Å². The average molecular weight is 306 g/mol. The molecule has 1 atom stereocenters. The van der Waals surface area contributed by atoms with Crippen LogP contribution in [0.3, 0.4) is 0 Å². The van der Waals surface area contributed by atoms with E-state index in [-0.39, 0.29) is 24.3 Å². The van der Waals surface area contributed by atoms with Crippen molar-refractivity contribution in [2.24, 2.45) is 5.73 Å². The van der Waals surface area contributed by atoms with Crippen molar-refractivity contribution >= 4 is 17.6 Å². The van der Waals surface area contributed by atoms with Crippen molar-refractivity contribution < 1.29 is 14.0 Å². The Bertz CT molecular complexity index is 599. The van der Waals surface area contributed by atoms with E-state index in [1.807, 2.05) is 4.90 Å². The Morgan fingerprint density at radius 3 is 2.64 bits per heavy atom. The number of piperidine rings is 2. The van der Waals surface area contributed by atoms with E-state index in [0.717, 1.165) is 12.8 Å². The highest BCUT2D eigenvalue weighted by Gasteiger charge is 2.29. The van der Waals surface area contributed by atoms with Crippen LogP contribution in [-0.4, -0.2) is 35.9 Å². The molecule has 2 fully saturated rings. The lowest BCUT2D eigenvalue weighted by molar-refractivity contribution is -0.134. The number of imide groups is 1. The van der Waals surface area contributed by atoms with Crippen LogP contribution >= 0.6 is 0 Å². The number of carbonyl (C=O) groups excluding carboxylic acids is 2. The van der Waals surface area contributed by atoms with Gasteiger partial charge < -0.3 is 10.6 Å². The lowest BCUT2D eigenvalue weighted by Crippen LogP contribution is -2.41. The van der Waals surface area contributed by atoms with Crippen molar-refractivity contribution in [3.63, 3.8) is 0 Å². The second kappa shape index (κ2) is 6.00. The minimum Gasteiger partial charge on any atom is -0.354 e. The Kier molecular flexibility index (Phi) is 4.06. The zero-order valence-electron chi connectivity index (χ0n) is 12.2. The summed E-state index contributed by atoms with van der Waals surface area (Å²) < 4.78 is 14.4. The quantitative estimate of drug-likeness (QED) is 0.784. The molecule has 1 aromatic heterocycles. The Morgan fingerprint density at radius 1 is 1.27 bits per heavy atom. The topological polar surface area (TPSA) is 88.3 Å². The first-order valence-corrected chi connectivity index (χ1v) is 7.54. The van der Waals surface area contributed by atoms with E-state index in [4.69, 9.17) is 5.73 Å². The highest BCUT2D eigenvalue weighted by Crippen LogP contribution is 2.28. The van der Waals surface area contributed by atoms with Crippen LogP contribution in [0, 0.1) is 5.82 Å². The van der Waals surface area contributed by atoms with Crippen molar-refractivity contribution in [2.45, 2.75) is 37.6 Å². The molecule has 1 unspecified atom stereocenters. The van der Waals surface area contributed by atoms with Gasteiger partial charge in [0.25, 0.3) is 0 Å². The van der Waals surface area contributed by atoms with Crippen LogP contribution in [0.25, 0.3) is 0 Å². The van der Waals surface area contributed by atoms with Gasteiger partial charge >= 0.3 is 0 Å². The maximum Gasteiger partial charge on any atom is 0.234 e. The number of nitrogens with one attached hydrogen (secondary N) is 1. The van der Waals surface area contributed by atoms with Gasteiger partial charge in [-0.15, -0.1) is 0 Å². The monoisotopic (exact) mass is 306 g/mol. The van der Waals surface area contributed by atoms with E-state index < -0.39 is 11.7 Å². The standard InChI is InChI=1S/C15H19FN4O2/c16-12-7-9(11-1-2-13(21)19-15(11)22)8-18-14(12)20-5-3-10(17)4-6-20/h7-8,10-11H,1-6,17H2,(H,19,21,22). The molecule has 0 aliphatic carbocycles. The van der Waals surface area contributed by atoms with Crippen LogP contribution in [0.5, 0.6) is 0 Å². The highest BCUT2D eigenvalue weighted by atomic mass is 19.1. The van der Waals surface area contributed by atoms with Crippen LogP contribution in [-0.2, 0) is 9.59 Å². The summed E-state index contributed by atoms with van der Waals surface area (Å²) in [5.41, 5.74) is 6.36. The number of hydrogen-bond donors (Lipinski definition) is 2. The number of pyridine rings is 1. The first-order chi connectivity index (χ1) is 10.5. The number of aromatic nitrogens is 1. The molecule has 3 heterocycles. The third-order valence-electron chi connectivity index (χ3n) is 4.32. The smallest absolute Gasteiger partial charge is 0.234 e. The molecule has 7 heteroatoms. The highest BCUT2D eigenvalue weighted by molar-refractivity contribution is 6.00. The van der Waals surface area contributed by atoms with Crippen LogP contribution in [0.15, 0.2) is 12.3 Å². The predicted octanol–water partition coefficient (Wildman–Crippen LogP) is 0.668. The maximum atomic E-state index is 14.4. The number of rotatable bonds is 2. The summed E-state index contributed by atoms with van der Waals surface area (Å²) in [7, 11) is 0. The molecule has 0 bridgehead atoms. The largest absolute Gasteiger partial charge is 0.354 e. The fourth-order valence-electron chi connectivity index (χ4n) is 2.99. The molecular weight excluding hydrogens is 287 g/mol. The summed E-state index contributed by atoms with van der Waals surface area (Å²) in [6, 6.07) is 1.53. The summed E-state index contributed by atoms with van der Waals surface area (Å²) in [6.07, 6.45) is 3.83. The van der Waals surface area contributed by atoms with E-state index in [9.17, 15) is 14.0 Å². The van der Waals surface area contributed by atoms with Crippen molar-refractivity contribution in [2.75, 3.05) is 18.0 Å². The fourth-order valence-corrected chi connectivity index (χ4v) is 2.99. The van der Waals surface area contributed by atoms with Crippen molar-refractivity contribution in [1.29, 1.82) is 0 Å². The van der Waals surface area contributed by atoms with Gasteiger partial charge in [0, 0.05) is 31.7 Å². The molecule has 0 aromatic carbocycles. The Morgan fingerprint density at radius 2 is 2.00 bits per heavy atom. The van der Waals surface area contributed by atoms with Gasteiger partial charge in [-0.3, -0.25) is 14.9 Å². The Balaban J connectivity index is 1.77. The molecule has 0 spiro atoms. The van der Waals surface area contributed by atoms with Gasteiger partial charge in [0.05, 0.1) is 5.92 Å². The molecule has 0 radical (unpaired) electrons. The van der Waals surface area contributed by atoms with E-state index in [0.29, 0.717) is 30.9 Å². The summed E-state index contributed by atoms with van der Waals surface area (Å²) in [6.45, 7) is 1.37. The third kappa shape index (κ3) is 2.94. The summed E-state index contributed by atoms with van der Waals surface area (Å²) >= 11 is 0. The number of hydrogen-bond acceptors (Lipinski definition) is 5. The van der Waals surface area contributed by atoms with Crippen LogP contribution in [0.4, 0.5) is 10.2 Å². The van der Waals surface area contributed by atoms with Gasteiger partial charge in [-0.2, -0.15) is 0 Å². The lowest BCUT2D eigenvalue weighted by Gasteiger charge is -2.31. The van der Waals surface area contributed by atoms with Crippen molar-refractivity contribution in [3.05, 3.63) is 23.6 Å². The van der Waals surface area contributed by atoms with Gasteiger partial charge in [0.2, 0.25) is 11.8 Å². The van der Waals surface area contributed by atoms with Crippen LogP contribution < -0.4 is 16.0 Å². The molecule has 2 amide bonds. The zero-order valence-corrected chi connectivity index (χ0v) is 12.2. The third-order valence-corrected chi connectivity index (χ3v) is 4.32. The Hall–Kier alpha value is -2.02. The minimum atomic E-state index is -0.511. The molecular formula is C15H19FN4O2. The number of nitrogens with two attached hydrogens (primary N) is 1. The molecule has 3 rings (SSSR count). The first-order valence-electron chi connectivity index (χ1n) is 7.54. The molecule has 118 valence electrons. The number of amides is 2. The van der Waals surface area contributed by atoms with Crippen LogP contribution in [0.2, 0.25) is 0 Å². The van der Waals surface area contributed by atoms with E-state index in [2.05, 4.69) is 10.3 Å². The predicted molar refractivity (Wildman–Crippen MR) is 78.7 cm³/mol. The van der Waals surface area contributed by atoms with Gasteiger partial charge in [-0.05, 0) is 30.9 Å². The number of nitrogens with zero attached hydrogens (tertiary/aromatic N) is 2. The van der Waals surface area contributed by atoms with Crippen molar-refractivity contribution in [3.8, 4) is 0 Å². The molecule has 2 saturated heterocycles. The first kappa shape index (κ1) is 14.9. The second-order valence-corrected chi connectivity index (χ2v) is 5.90. The number of carbonyl (C=O) groups is 2. The molecule has 2 aliphatic heterocycles. The molecule has 1 aromatic rings. The normalized spacial score (nSPS) is 23.5. The number of anilines is 1.